The number of hydrogen-bond acceptors (Lipinski definition) is 3. The second-order valence-corrected chi connectivity index (χ2v) is 4.33. The SMILES string of the molecule is Cn1ncnc1CC(Cc1ccccc1F)C(=O)O. The molecule has 0 amide bonds. The molecule has 1 heterocycles. The molecular weight excluding hydrogens is 249 g/mol. The summed E-state index contributed by atoms with van der Waals surface area (Å²) in [6.07, 6.45) is 1.73. The molecule has 1 aromatic carbocycles. The Morgan fingerprint density at radius 1 is 1.42 bits per heavy atom. The van der Waals surface area contributed by atoms with E-state index in [0.717, 1.165) is 0 Å². The van der Waals surface area contributed by atoms with Crippen molar-refractivity contribution in [3.63, 3.8) is 0 Å². The predicted octanol–water partition coefficient (Wildman–Crippen LogP) is 1.44. The summed E-state index contributed by atoms with van der Waals surface area (Å²) in [5.41, 5.74) is 0.400. The summed E-state index contributed by atoms with van der Waals surface area (Å²) in [7, 11) is 1.70. The molecule has 1 N–H and O–H groups in total. The maximum atomic E-state index is 13.5. The second kappa shape index (κ2) is 5.60. The van der Waals surface area contributed by atoms with Crippen molar-refractivity contribution in [2.45, 2.75) is 12.8 Å². The van der Waals surface area contributed by atoms with E-state index in [4.69, 9.17) is 0 Å². The zero-order valence-electron chi connectivity index (χ0n) is 10.5. The van der Waals surface area contributed by atoms with Gasteiger partial charge < -0.3 is 5.11 Å². The summed E-state index contributed by atoms with van der Waals surface area (Å²) >= 11 is 0. The minimum Gasteiger partial charge on any atom is -0.481 e. The quantitative estimate of drug-likeness (QED) is 0.886. The lowest BCUT2D eigenvalue weighted by molar-refractivity contribution is -0.141. The molecular formula is C13H14FN3O2. The molecule has 5 nitrogen and oxygen atoms in total. The van der Waals surface area contributed by atoms with Crippen molar-refractivity contribution < 1.29 is 14.3 Å². The molecule has 2 rings (SSSR count). The van der Waals surface area contributed by atoms with E-state index in [2.05, 4.69) is 10.1 Å². The molecule has 0 aliphatic carbocycles. The van der Waals surface area contributed by atoms with Gasteiger partial charge in [-0.25, -0.2) is 9.37 Å². The highest BCUT2D eigenvalue weighted by Gasteiger charge is 2.22. The maximum Gasteiger partial charge on any atom is 0.307 e. The van der Waals surface area contributed by atoms with Crippen LogP contribution in [0.25, 0.3) is 0 Å². The van der Waals surface area contributed by atoms with E-state index < -0.39 is 11.9 Å². The van der Waals surface area contributed by atoms with Crippen LogP contribution in [0.1, 0.15) is 11.4 Å². The fraction of sp³-hybridized carbons (Fsp3) is 0.308. The van der Waals surface area contributed by atoms with Gasteiger partial charge in [-0.3, -0.25) is 9.48 Å². The first kappa shape index (κ1) is 13.2. The van der Waals surface area contributed by atoms with Gasteiger partial charge in [0.2, 0.25) is 0 Å². The third-order valence-electron chi connectivity index (χ3n) is 3.01. The molecule has 0 saturated carbocycles. The number of nitrogens with zero attached hydrogens (tertiary/aromatic N) is 3. The molecule has 0 aliphatic rings. The monoisotopic (exact) mass is 263 g/mol. The van der Waals surface area contributed by atoms with Crippen LogP contribution < -0.4 is 0 Å². The first-order valence-electron chi connectivity index (χ1n) is 5.87. The standard InChI is InChI=1S/C13H14FN3O2/c1-17-12(15-8-16-17)7-10(13(18)19)6-9-4-2-3-5-11(9)14/h2-5,8,10H,6-7H2,1H3,(H,18,19). The van der Waals surface area contributed by atoms with Crippen molar-refractivity contribution in [2.24, 2.45) is 13.0 Å². The number of carbonyl (C=O) groups is 1. The molecule has 1 unspecified atom stereocenters. The smallest absolute Gasteiger partial charge is 0.307 e. The number of aromatic nitrogens is 3. The highest BCUT2D eigenvalue weighted by molar-refractivity contribution is 5.70. The third-order valence-corrected chi connectivity index (χ3v) is 3.01. The van der Waals surface area contributed by atoms with E-state index in [-0.39, 0.29) is 18.7 Å². The van der Waals surface area contributed by atoms with E-state index >= 15 is 0 Å². The Labute approximate surface area is 109 Å². The van der Waals surface area contributed by atoms with Crippen LogP contribution in [0.5, 0.6) is 0 Å². The molecule has 0 bridgehead atoms. The van der Waals surface area contributed by atoms with Crippen LogP contribution in [0.3, 0.4) is 0 Å². The normalized spacial score (nSPS) is 12.3. The number of rotatable bonds is 5. The van der Waals surface area contributed by atoms with Gasteiger partial charge in [0.15, 0.2) is 0 Å². The van der Waals surface area contributed by atoms with E-state index in [1.165, 1.54) is 17.1 Å². The highest BCUT2D eigenvalue weighted by atomic mass is 19.1. The molecule has 0 saturated heterocycles. The molecule has 2 aromatic rings. The van der Waals surface area contributed by atoms with Crippen LogP contribution in [0.4, 0.5) is 4.39 Å². The molecule has 0 fully saturated rings. The minimum absolute atomic E-state index is 0.134. The molecule has 1 atom stereocenters. The third kappa shape index (κ3) is 3.15. The van der Waals surface area contributed by atoms with Crippen molar-refractivity contribution in [3.8, 4) is 0 Å². The zero-order valence-corrected chi connectivity index (χ0v) is 10.5. The van der Waals surface area contributed by atoms with E-state index in [9.17, 15) is 14.3 Å². The topological polar surface area (TPSA) is 68.0 Å². The molecule has 0 aliphatic heterocycles. The van der Waals surface area contributed by atoms with E-state index in [1.54, 1.807) is 25.2 Å². The van der Waals surface area contributed by atoms with Crippen molar-refractivity contribution in [1.82, 2.24) is 14.8 Å². The van der Waals surface area contributed by atoms with E-state index in [0.29, 0.717) is 11.4 Å². The molecule has 1 aromatic heterocycles. The Bertz CT molecular complexity index is 583. The lowest BCUT2D eigenvalue weighted by atomic mass is 9.95. The number of aryl methyl sites for hydroxylation is 1. The fourth-order valence-corrected chi connectivity index (χ4v) is 1.90. The lowest BCUT2D eigenvalue weighted by Crippen LogP contribution is -2.21. The number of benzene rings is 1. The largest absolute Gasteiger partial charge is 0.481 e. The lowest BCUT2D eigenvalue weighted by Gasteiger charge is -2.12. The van der Waals surface area contributed by atoms with Gasteiger partial charge in [0.25, 0.3) is 0 Å². The van der Waals surface area contributed by atoms with Gasteiger partial charge in [0.05, 0.1) is 5.92 Å². The average Bonchev–Trinajstić information content (AvgIpc) is 2.76. The number of halogens is 1. The number of carboxylic acids is 1. The van der Waals surface area contributed by atoms with Crippen molar-refractivity contribution in [3.05, 3.63) is 47.8 Å². The molecule has 0 radical (unpaired) electrons. The summed E-state index contributed by atoms with van der Waals surface area (Å²) < 4.78 is 15.1. The summed E-state index contributed by atoms with van der Waals surface area (Å²) in [5, 5.41) is 13.1. The van der Waals surface area contributed by atoms with Gasteiger partial charge in [-0.05, 0) is 18.1 Å². The minimum atomic E-state index is -0.966. The Kier molecular flexibility index (Phi) is 3.89. The predicted molar refractivity (Wildman–Crippen MR) is 65.9 cm³/mol. The number of carboxylic acid groups (broad SMARTS) is 1. The van der Waals surface area contributed by atoms with Gasteiger partial charge in [-0.15, -0.1) is 0 Å². The van der Waals surface area contributed by atoms with Crippen molar-refractivity contribution >= 4 is 5.97 Å². The molecule has 19 heavy (non-hydrogen) atoms. The van der Waals surface area contributed by atoms with Crippen LogP contribution in [0.2, 0.25) is 0 Å². The number of aliphatic carboxylic acids is 1. The highest BCUT2D eigenvalue weighted by Crippen LogP contribution is 2.16. The first-order valence-corrected chi connectivity index (χ1v) is 5.87. The number of hydrogen-bond donors (Lipinski definition) is 1. The summed E-state index contributed by atoms with van der Waals surface area (Å²) in [6.45, 7) is 0. The first-order chi connectivity index (χ1) is 9.08. The van der Waals surface area contributed by atoms with Crippen LogP contribution >= 0.6 is 0 Å². The zero-order chi connectivity index (χ0) is 13.8. The van der Waals surface area contributed by atoms with Gasteiger partial charge in [0.1, 0.15) is 18.0 Å². The van der Waals surface area contributed by atoms with Crippen LogP contribution in [0.15, 0.2) is 30.6 Å². The molecule has 100 valence electrons. The van der Waals surface area contributed by atoms with Crippen LogP contribution in [-0.2, 0) is 24.7 Å². The Morgan fingerprint density at radius 3 is 2.74 bits per heavy atom. The average molecular weight is 263 g/mol. The fourth-order valence-electron chi connectivity index (χ4n) is 1.90. The Morgan fingerprint density at radius 2 is 2.16 bits per heavy atom. The van der Waals surface area contributed by atoms with E-state index in [1.807, 2.05) is 0 Å². The maximum absolute atomic E-state index is 13.5. The van der Waals surface area contributed by atoms with Gasteiger partial charge in [-0.2, -0.15) is 5.10 Å². The van der Waals surface area contributed by atoms with Gasteiger partial charge in [0, 0.05) is 13.5 Å². The second-order valence-electron chi connectivity index (χ2n) is 4.33. The molecule has 6 heteroatoms. The summed E-state index contributed by atoms with van der Waals surface area (Å²) in [5.74, 6) is -1.50. The van der Waals surface area contributed by atoms with Crippen LogP contribution in [-0.4, -0.2) is 25.8 Å². The summed E-state index contributed by atoms with van der Waals surface area (Å²) in [4.78, 5) is 15.3. The summed E-state index contributed by atoms with van der Waals surface area (Å²) in [6, 6.07) is 6.20. The Hall–Kier alpha value is -2.24. The van der Waals surface area contributed by atoms with Gasteiger partial charge in [-0.1, -0.05) is 18.2 Å². The Balaban J connectivity index is 2.16. The van der Waals surface area contributed by atoms with Crippen LogP contribution in [0, 0.1) is 11.7 Å². The van der Waals surface area contributed by atoms with Crippen molar-refractivity contribution in [2.75, 3.05) is 0 Å². The van der Waals surface area contributed by atoms with Crippen molar-refractivity contribution in [1.29, 1.82) is 0 Å². The molecule has 0 spiro atoms. The van der Waals surface area contributed by atoms with Gasteiger partial charge >= 0.3 is 5.97 Å².